The molecule has 0 unspecified atom stereocenters. The fourth-order valence-electron chi connectivity index (χ4n) is 2.43. The number of halogens is 2. The van der Waals surface area contributed by atoms with E-state index < -0.39 is 18.2 Å². The molecule has 0 atom stereocenters. The topological polar surface area (TPSA) is 64.3 Å². The summed E-state index contributed by atoms with van der Waals surface area (Å²) in [5.74, 6) is -0.709. The maximum Gasteiger partial charge on any atom is 0.357 e. The summed E-state index contributed by atoms with van der Waals surface area (Å²) in [6.07, 6.45) is 0. The van der Waals surface area contributed by atoms with E-state index in [9.17, 15) is 13.6 Å². The number of methoxy groups -OCH3 is 1. The molecule has 0 spiro atoms. The Morgan fingerprint density at radius 2 is 1.96 bits per heavy atom. The third-order valence-electron chi connectivity index (χ3n) is 3.50. The Kier molecular flexibility index (Phi) is 3.69. The summed E-state index contributed by atoms with van der Waals surface area (Å²) < 4.78 is 31.8. The molecular formula is C16H12F2N2O3. The summed E-state index contributed by atoms with van der Waals surface area (Å²) in [7, 11) is 1.54. The summed E-state index contributed by atoms with van der Waals surface area (Å²) in [6.45, 7) is -2.92. The number of benzene rings is 2. The lowest BCUT2D eigenvalue weighted by atomic mass is 10.0. The zero-order chi connectivity index (χ0) is 16.6. The van der Waals surface area contributed by atoms with Crippen LogP contribution in [0.3, 0.4) is 0 Å². The van der Waals surface area contributed by atoms with Gasteiger partial charge in [-0.15, -0.1) is 0 Å². The first-order chi connectivity index (χ1) is 11.0. The Bertz CT molecular complexity index is 890. The number of alkyl halides is 2. The van der Waals surface area contributed by atoms with Gasteiger partial charge in [-0.3, -0.25) is 0 Å². The van der Waals surface area contributed by atoms with Crippen molar-refractivity contribution < 1.29 is 23.4 Å². The van der Waals surface area contributed by atoms with Crippen LogP contribution in [0.2, 0.25) is 0 Å². The van der Waals surface area contributed by atoms with Gasteiger partial charge in [-0.2, -0.15) is 13.9 Å². The van der Waals surface area contributed by atoms with Crippen LogP contribution in [0.5, 0.6) is 5.75 Å². The van der Waals surface area contributed by atoms with Gasteiger partial charge in [0.1, 0.15) is 5.75 Å². The van der Waals surface area contributed by atoms with Gasteiger partial charge in [0.25, 0.3) is 0 Å². The SMILES string of the molecule is COc1cccc(-c2ccc3c(C(=O)O)nn(C(F)F)c3c2)c1. The third-order valence-corrected chi connectivity index (χ3v) is 3.50. The predicted octanol–water partition coefficient (Wildman–Crippen LogP) is 3.81. The fraction of sp³-hybridized carbons (Fsp3) is 0.125. The average molecular weight is 318 g/mol. The van der Waals surface area contributed by atoms with E-state index in [-0.39, 0.29) is 10.9 Å². The summed E-state index contributed by atoms with van der Waals surface area (Å²) in [5.41, 5.74) is 1.11. The van der Waals surface area contributed by atoms with Crippen LogP contribution in [-0.2, 0) is 0 Å². The van der Waals surface area contributed by atoms with Crippen molar-refractivity contribution in [2.75, 3.05) is 7.11 Å². The molecule has 0 aliphatic carbocycles. The van der Waals surface area contributed by atoms with Gasteiger partial charge in [0.2, 0.25) is 0 Å². The molecule has 1 heterocycles. The molecule has 0 aliphatic rings. The number of fused-ring (bicyclic) bond motifs is 1. The minimum Gasteiger partial charge on any atom is -0.497 e. The first kappa shape index (κ1) is 15.0. The Balaban J connectivity index is 2.21. The molecule has 3 aromatic rings. The fourth-order valence-corrected chi connectivity index (χ4v) is 2.43. The summed E-state index contributed by atoms with van der Waals surface area (Å²) in [6, 6.07) is 11.8. The molecule has 5 nitrogen and oxygen atoms in total. The molecule has 7 heteroatoms. The molecule has 118 valence electrons. The highest BCUT2D eigenvalue weighted by molar-refractivity contribution is 6.02. The van der Waals surface area contributed by atoms with E-state index in [4.69, 9.17) is 9.84 Å². The zero-order valence-electron chi connectivity index (χ0n) is 12.0. The van der Waals surface area contributed by atoms with Crippen LogP contribution in [0.4, 0.5) is 8.78 Å². The number of hydrogen-bond donors (Lipinski definition) is 1. The monoisotopic (exact) mass is 318 g/mol. The van der Waals surface area contributed by atoms with E-state index in [0.29, 0.717) is 16.0 Å². The molecule has 0 saturated carbocycles. The molecule has 0 bridgehead atoms. The van der Waals surface area contributed by atoms with Crippen molar-refractivity contribution in [3.05, 3.63) is 48.2 Å². The van der Waals surface area contributed by atoms with Gasteiger partial charge in [0.15, 0.2) is 5.69 Å². The van der Waals surface area contributed by atoms with Gasteiger partial charge >= 0.3 is 12.5 Å². The largest absolute Gasteiger partial charge is 0.497 e. The zero-order valence-corrected chi connectivity index (χ0v) is 12.0. The van der Waals surface area contributed by atoms with Crippen molar-refractivity contribution >= 4 is 16.9 Å². The van der Waals surface area contributed by atoms with Gasteiger partial charge in [-0.1, -0.05) is 18.2 Å². The highest BCUT2D eigenvalue weighted by Gasteiger charge is 2.21. The van der Waals surface area contributed by atoms with Gasteiger partial charge in [0.05, 0.1) is 12.6 Å². The number of carbonyl (C=O) groups is 1. The Morgan fingerprint density at radius 1 is 1.22 bits per heavy atom. The maximum atomic E-state index is 13.1. The smallest absolute Gasteiger partial charge is 0.357 e. The van der Waals surface area contributed by atoms with Crippen LogP contribution >= 0.6 is 0 Å². The standard InChI is InChI=1S/C16H12F2N2O3/c1-23-11-4-2-3-9(7-11)10-5-6-12-13(8-10)20(16(17)18)19-14(12)15(21)22/h2-8,16H,1H3,(H,21,22). The van der Waals surface area contributed by atoms with Crippen molar-refractivity contribution in [2.45, 2.75) is 6.55 Å². The molecule has 0 radical (unpaired) electrons. The molecule has 0 aliphatic heterocycles. The van der Waals surface area contributed by atoms with E-state index in [1.54, 1.807) is 24.3 Å². The van der Waals surface area contributed by atoms with Gasteiger partial charge in [-0.25, -0.2) is 9.48 Å². The van der Waals surface area contributed by atoms with Gasteiger partial charge in [0, 0.05) is 5.39 Å². The molecule has 1 aromatic heterocycles. The van der Waals surface area contributed by atoms with Crippen LogP contribution in [0.25, 0.3) is 22.0 Å². The van der Waals surface area contributed by atoms with E-state index in [1.807, 2.05) is 6.07 Å². The first-order valence-electron chi connectivity index (χ1n) is 6.69. The van der Waals surface area contributed by atoms with E-state index in [1.165, 1.54) is 19.2 Å². The number of rotatable bonds is 4. The van der Waals surface area contributed by atoms with Crippen LogP contribution in [0, 0.1) is 0 Å². The van der Waals surface area contributed by atoms with Crippen molar-refractivity contribution in [1.82, 2.24) is 9.78 Å². The maximum absolute atomic E-state index is 13.1. The van der Waals surface area contributed by atoms with E-state index >= 15 is 0 Å². The first-order valence-corrected chi connectivity index (χ1v) is 6.69. The number of aromatic carboxylic acids is 1. The Morgan fingerprint density at radius 3 is 2.61 bits per heavy atom. The molecule has 2 aromatic carbocycles. The average Bonchev–Trinajstić information content (AvgIpc) is 2.94. The lowest BCUT2D eigenvalue weighted by molar-refractivity contribution is 0.0585. The molecule has 0 amide bonds. The highest BCUT2D eigenvalue weighted by Crippen LogP contribution is 2.30. The van der Waals surface area contributed by atoms with Crippen LogP contribution in [0.1, 0.15) is 17.0 Å². The molecular weight excluding hydrogens is 306 g/mol. The molecule has 1 N–H and O–H groups in total. The summed E-state index contributed by atoms with van der Waals surface area (Å²) in [5, 5.41) is 12.8. The summed E-state index contributed by atoms with van der Waals surface area (Å²) in [4.78, 5) is 11.2. The Hall–Kier alpha value is -2.96. The van der Waals surface area contributed by atoms with Crippen molar-refractivity contribution in [3.8, 4) is 16.9 Å². The quantitative estimate of drug-likeness (QED) is 0.794. The normalized spacial score (nSPS) is 11.1. The van der Waals surface area contributed by atoms with Crippen LogP contribution in [-0.4, -0.2) is 28.0 Å². The van der Waals surface area contributed by atoms with Crippen molar-refractivity contribution in [1.29, 1.82) is 0 Å². The van der Waals surface area contributed by atoms with Crippen molar-refractivity contribution in [2.24, 2.45) is 0 Å². The van der Waals surface area contributed by atoms with Crippen LogP contribution in [0.15, 0.2) is 42.5 Å². The van der Waals surface area contributed by atoms with Gasteiger partial charge in [-0.05, 0) is 35.4 Å². The lowest BCUT2D eigenvalue weighted by Gasteiger charge is -2.06. The molecule has 3 rings (SSSR count). The second-order valence-electron chi connectivity index (χ2n) is 4.84. The number of ether oxygens (including phenoxy) is 1. The molecule has 0 fully saturated rings. The number of aromatic nitrogens is 2. The highest BCUT2D eigenvalue weighted by atomic mass is 19.3. The second-order valence-corrected chi connectivity index (χ2v) is 4.84. The minimum absolute atomic E-state index is 0.0673. The van der Waals surface area contributed by atoms with Gasteiger partial charge < -0.3 is 9.84 Å². The number of nitrogens with zero attached hydrogens (tertiary/aromatic N) is 2. The van der Waals surface area contributed by atoms with Crippen LogP contribution < -0.4 is 4.74 Å². The summed E-state index contributed by atoms with van der Waals surface area (Å²) >= 11 is 0. The number of carboxylic acid groups (broad SMARTS) is 1. The number of hydrogen-bond acceptors (Lipinski definition) is 3. The molecule has 23 heavy (non-hydrogen) atoms. The number of carboxylic acids is 1. The second kappa shape index (κ2) is 5.68. The minimum atomic E-state index is -2.92. The van der Waals surface area contributed by atoms with E-state index in [2.05, 4.69) is 5.10 Å². The lowest BCUT2D eigenvalue weighted by Crippen LogP contribution is -2.03. The molecule has 0 saturated heterocycles. The van der Waals surface area contributed by atoms with Crippen molar-refractivity contribution in [3.63, 3.8) is 0 Å². The van der Waals surface area contributed by atoms with E-state index in [0.717, 1.165) is 5.56 Å². The predicted molar refractivity (Wildman–Crippen MR) is 79.9 cm³/mol. The third kappa shape index (κ3) is 2.61. The Labute approximate surface area is 129 Å².